The molecule has 3 N–H and O–H groups in total. The molecule has 0 fully saturated rings. The molecule has 0 saturated heterocycles. The van der Waals surface area contributed by atoms with Crippen LogP contribution in [0.3, 0.4) is 0 Å². The third-order valence-corrected chi connectivity index (χ3v) is 5.86. The lowest BCUT2D eigenvalue weighted by Gasteiger charge is -2.16. The summed E-state index contributed by atoms with van der Waals surface area (Å²) in [6.07, 6.45) is -3.35. The Hall–Kier alpha value is -2.97. The van der Waals surface area contributed by atoms with Gasteiger partial charge < -0.3 is 15.4 Å². The number of aryl methyl sites for hydroxylation is 1. The molecule has 0 saturated carbocycles. The van der Waals surface area contributed by atoms with Crippen LogP contribution in [0.25, 0.3) is 0 Å². The summed E-state index contributed by atoms with van der Waals surface area (Å²) in [5, 5.41) is 5.79. The van der Waals surface area contributed by atoms with E-state index in [-0.39, 0.29) is 22.2 Å². The van der Waals surface area contributed by atoms with E-state index < -0.39 is 22.8 Å². The lowest BCUT2D eigenvalue weighted by molar-refractivity contribution is -0.153. The van der Waals surface area contributed by atoms with Crippen molar-refractivity contribution in [2.24, 2.45) is 0 Å². The minimum Gasteiger partial charge on any atom is -0.482 e. The van der Waals surface area contributed by atoms with E-state index >= 15 is 0 Å². The van der Waals surface area contributed by atoms with Gasteiger partial charge in [0, 0.05) is 6.07 Å². The summed E-state index contributed by atoms with van der Waals surface area (Å²) in [5.74, 6) is 0.812. The van der Waals surface area contributed by atoms with Gasteiger partial charge in [-0.15, -0.1) is 0 Å². The highest BCUT2D eigenvalue weighted by Gasteiger charge is 2.29. The fourth-order valence-electron chi connectivity index (χ4n) is 2.63. The fourth-order valence-corrected chi connectivity index (χ4v) is 3.94. The third-order valence-electron chi connectivity index (χ3n) is 4.05. The smallest absolute Gasteiger partial charge is 0.422 e. The molecule has 3 rings (SSSR count). The Morgan fingerprint density at radius 2 is 1.73 bits per heavy atom. The Morgan fingerprint density at radius 3 is 2.36 bits per heavy atom. The van der Waals surface area contributed by atoms with Crippen LogP contribution in [0.2, 0.25) is 0 Å². The van der Waals surface area contributed by atoms with E-state index in [0.29, 0.717) is 16.2 Å². The summed E-state index contributed by atoms with van der Waals surface area (Å²) in [7, 11) is -2.64. The van der Waals surface area contributed by atoms with Crippen molar-refractivity contribution in [2.75, 3.05) is 24.3 Å². The minimum atomic E-state index is -4.58. The molecule has 2 heterocycles. The zero-order valence-electron chi connectivity index (χ0n) is 17.2. The number of rotatable bonds is 8. The molecule has 33 heavy (non-hydrogen) atoms. The number of anilines is 4. The van der Waals surface area contributed by atoms with Gasteiger partial charge in [0.2, 0.25) is 10.0 Å². The monoisotopic (exact) mass is 546 g/mol. The van der Waals surface area contributed by atoms with Crippen molar-refractivity contribution in [3.63, 3.8) is 0 Å². The highest BCUT2D eigenvalue weighted by Crippen LogP contribution is 2.32. The number of ether oxygens (including phenoxy) is 1. The largest absolute Gasteiger partial charge is 0.482 e. The molecule has 0 aliphatic rings. The van der Waals surface area contributed by atoms with E-state index in [0.717, 1.165) is 23.8 Å². The second kappa shape index (κ2) is 9.89. The number of benzene rings is 1. The predicted octanol–water partition coefficient (Wildman–Crippen LogP) is 4.28. The van der Waals surface area contributed by atoms with Crippen molar-refractivity contribution in [1.29, 1.82) is 0 Å². The van der Waals surface area contributed by atoms with E-state index in [1.807, 2.05) is 13.0 Å². The third kappa shape index (κ3) is 7.00. The van der Waals surface area contributed by atoms with Crippen LogP contribution in [0, 0.1) is 6.92 Å². The molecule has 0 amide bonds. The topological polar surface area (TPSA) is 118 Å². The van der Waals surface area contributed by atoms with Gasteiger partial charge in [0.15, 0.2) is 6.61 Å². The van der Waals surface area contributed by atoms with Gasteiger partial charge in [-0.2, -0.15) is 13.2 Å². The average Bonchev–Trinajstić information content (AvgIpc) is 2.71. The second-order valence-corrected chi connectivity index (χ2v) is 9.36. The Morgan fingerprint density at radius 1 is 1.03 bits per heavy atom. The number of aromatic nitrogens is 3. The summed E-state index contributed by atoms with van der Waals surface area (Å²) in [6.45, 7) is 0.337. The van der Waals surface area contributed by atoms with E-state index in [9.17, 15) is 21.6 Å². The maximum absolute atomic E-state index is 12.7. The van der Waals surface area contributed by atoms with Crippen molar-refractivity contribution >= 4 is 49.1 Å². The first kappa shape index (κ1) is 24.7. The maximum atomic E-state index is 12.7. The molecule has 0 aliphatic carbocycles. The lowest BCUT2D eigenvalue weighted by Crippen LogP contribution is -2.20. The Kier molecular flexibility index (Phi) is 7.39. The molecule has 0 bridgehead atoms. The number of alkyl halides is 3. The van der Waals surface area contributed by atoms with Crippen molar-refractivity contribution < 1.29 is 26.3 Å². The molecule has 0 unspecified atom stereocenters. The molecular weight excluding hydrogens is 529 g/mol. The SMILES string of the molecule is CNS(=O)(=O)c1ccc(OCC(F)(F)F)c(Nc2cc(Nc3cc(C)cc(Br)n3)ncn2)c1. The number of sulfonamides is 1. The first-order valence-corrected chi connectivity index (χ1v) is 11.5. The molecule has 0 radical (unpaired) electrons. The Bertz CT molecular complexity index is 1240. The molecular formula is C19H18BrF3N6O3S. The molecule has 14 heteroatoms. The van der Waals surface area contributed by atoms with Crippen molar-refractivity contribution in [3.8, 4) is 5.75 Å². The van der Waals surface area contributed by atoms with Crippen LogP contribution in [0.5, 0.6) is 5.75 Å². The molecule has 0 spiro atoms. The van der Waals surface area contributed by atoms with Gasteiger partial charge in [0.25, 0.3) is 0 Å². The number of nitrogens with zero attached hydrogens (tertiary/aromatic N) is 3. The first-order valence-electron chi connectivity index (χ1n) is 9.22. The van der Waals surface area contributed by atoms with Crippen LogP contribution in [0.1, 0.15) is 5.56 Å². The van der Waals surface area contributed by atoms with Crippen LogP contribution >= 0.6 is 15.9 Å². The quantitative estimate of drug-likeness (QED) is 0.358. The fraction of sp³-hybridized carbons (Fsp3) is 0.211. The molecule has 0 atom stereocenters. The second-order valence-electron chi connectivity index (χ2n) is 6.66. The van der Waals surface area contributed by atoms with Crippen molar-refractivity contribution in [2.45, 2.75) is 18.0 Å². The molecule has 2 aromatic heterocycles. The van der Waals surface area contributed by atoms with Crippen LogP contribution < -0.4 is 20.1 Å². The molecule has 1 aromatic carbocycles. The highest BCUT2D eigenvalue weighted by atomic mass is 79.9. The zero-order chi connectivity index (χ0) is 24.2. The van der Waals surface area contributed by atoms with E-state index in [2.05, 4.69) is 46.2 Å². The Balaban J connectivity index is 1.91. The first-order chi connectivity index (χ1) is 15.4. The molecule has 3 aromatic rings. The molecule has 0 aliphatic heterocycles. The van der Waals surface area contributed by atoms with Gasteiger partial charge in [-0.05, 0) is 65.8 Å². The van der Waals surface area contributed by atoms with Crippen molar-refractivity contribution in [1.82, 2.24) is 19.7 Å². The standard InChI is InChI=1S/C19H18BrF3N6O3S/c1-11-5-15(20)28-18(6-11)29-17-8-16(25-10-26-17)27-13-7-12(33(30,31)24-2)3-4-14(13)32-9-19(21,22)23/h3-8,10,24H,9H2,1-2H3,(H2,25,26,27,28,29). The van der Waals surface area contributed by atoms with Gasteiger partial charge >= 0.3 is 6.18 Å². The minimum absolute atomic E-state index is 0.0309. The van der Waals surface area contributed by atoms with Gasteiger partial charge in [-0.3, -0.25) is 0 Å². The van der Waals surface area contributed by atoms with Crippen LogP contribution in [-0.2, 0) is 10.0 Å². The van der Waals surface area contributed by atoms with Crippen LogP contribution in [0.15, 0.2) is 52.2 Å². The van der Waals surface area contributed by atoms with Crippen LogP contribution in [0.4, 0.5) is 36.3 Å². The van der Waals surface area contributed by atoms with Gasteiger partial charge in [0.05, 0.1) is 10.6 Å². The highest BCUT2D eigenvalue weighted by molar-refractivity contribution is 9.10. The van der Waals surface area contributed by atoms with E-state index in [1.165, 1.54) is 19.4 Å². The van der Waals surface area contributed by atoms with Gasteiger partial charge in [-0.1, -0.05) is 0 Å². The number of pyridine rings is 1. The number of nitrogens with one attached hydrogen (secondary N) is 3. The normalized spacial score (nSPS) is 11.8. The van der Waals surface area contributed by atoms with Gasteiger partial charge in [0.1, 0.15) is 34.1 Å². The molecule has 9 nitrogen and oxygen atoms in total. The van der Waals surface area contributed by atoms with Crippen molar-refractivity contribution in [3.05, 3.63) is 52.9 Å². The predicted molar refractivity (Wildman–Crippen MR) is 120 cm³/mol. The summed E-state index contributed by atoms with van der Waals surface area (Å²) >= 11 is 3.31. The Labute approximate surface area is 196 Å². The summed E-state index contributed by atoms with van der Waals surface area (Å²) < 4.78 is 69.8. The molecule has 176 valence electrons. The summed E-state index contributed by atoms with van der Waals surface area (Å²) in [5.41, 5.74) is 0.914. The van der Waals surface area contributed by atoms with Crippen LogP contribution in [-0.4, -0.2) is 43.2 Å². The maximum Gasteiger partial charge on any atom is 0.422 e. The summed E-state index contributed by atoms with van der Waals surface area (Å²) in [4.78, 5) is 12.2. The number of halogens is 4. The summed E-state index contributed by atoms with van der Waals surface area (Å²) in [6, 6.07) is 8.50. The average molecular weight is 547 g/mol. The number of hydrogen-bond acceptors (Lipinski definition) is 8. The van der Waals surface area contributed by atoms with E-state index in [4.69, 9.17) is 4.74 Å². The van der Waals surface area contributed by atoms with E-state index in [1.54, 1.807) is 6.07 Å². The van der Waals surface area contributed by atoms with Gasteiger partial charge in [-0.25, -0.2) is 28.1 Å². The number of hydrogen-bond donors (Lipinski definition) is 3. The lowest BCUT2D eigenvalue weighted by atomic mass is 10.3. The zero-order valence-corrected chi connectivity index (χ0v) is 19.6.